The minimum Gasteiger partial charge on any atom is -0.748 e. The van der Waals surface area contributed by atoms with E-state index in [0.717, 1.165) is 51.4 Å². The summed E-state index contributed by atoms with van der Waals surface area (Å²) >= 11 is 0. The first-order valence-electron chi connectivity index (χ1n) is 11.6. The molecule has 0 aromatic carbocycles. The molecule has 0 aliphatic carbocycles. The van der Waals surface area contributed by atoms with Crippen molar-refractivity contribution in [1.82, 2.24) is 0 Å². The summed E-state index contributed by atoms with van der Waals surface area (Å²) in [6, 6.07) is 0. The zero-order chi connectivity index (χ0) is 20.2. The molecule has 0 radical (unpaired) electrons. The van der Waals surface area contributed by atoms with E-state index in [9.17, 15) is 13.0 Å². The zero-order valence-electron chi connectivity index (χ0n) is 18.8. The van der Waals surface area contributed by atoms with E-state index >= 15 is 0 Å². The molecule has 6 heteroatoms. The molecule has 1 N–H and O–H groups in total. The number of rotatable bonds is 21. The molecular weight excluding hydrogens is 383 g/mol. The Kier molecular flexibility index (Phi) is 25.0. The Balaban J connectivity index is 0. The number of hydrogen-bond donors (Lipinski definition) is 1. The van der Waals surface area contributed by atoms with E-state index in [1.54, 1.807) is 0 Å². The van der Waals surface area contributed by atoms with Gasteiger partial charge >= 0.3 is 29.6 Å². The Bertz CT molecular complexity index is 401. The van der Waals surface area contributed by atoms with Crippen LogP contribution in [0, 0.1) is 0 Å². The average molecular weight is 429 g/mol. The quantitative estimate of drug-likeness (QED) is 0.173. The van der Waals surface area contributed by atoms with Crippen molar-refractivity contribution < 1.29 is 47.6 Å². The fourth-order valence-electron chi connectivity index (χ4n) is 3.66. The summed E-state index contributed by atoms with van der Waals surface area (Å²) in [5.41, 5.74) is 0. The molecule has 0 amide bonds. The van der Waals surface area contributed by atoms with Crippen molar-refractivity contribution in [3.05, 3.63) is 0 Å². The van der Waals surface area contributed by atoms with Crippen molar-refractivity contribution in [1.29, 1.82) is 0 Å². The van der Waals surface area contributed by atoms with Gasteiger partial charge in [-0.1, -0.05) is 110 Å². The van der Waals surface area contributed by atoms with Crippen molar-refractivity contribution in [3.63, 3.8) is 0 Å². The summed E-state index contributed by atoms with van der Waals surface area (Å²) < 4.78 is 34.3. The smallest absolute Gasteiger partial charge is 0.748 e. The predicted molar refractivity (Wildman–Crippen MR) is 114 cm³/mol. The number of aliphatic hydroxyl groups excluding tert-OH is 1. The Labute approximate surface area is 197 Å². The van der Waals surface area contributed by atoms with Gasteiger partial charge in [0.15, 0.2) is 0 Å². The largest absolute Gasteiger partial charge is 1.00 e. The molecule has 0 rings (SSSR count). The Hall–Kier alpha value is 0.870. The number of hydrogen-bond acceptors (Lipinski definition) is 4. The first kappa shape index (κ1) is 31.1. The van der Waals surface area contributed by atoms with Crippen LogP contribution in [0.3, 0.4) is 0 Å². The van der Waals surface area contributed by atoms with Crippen LogP contribution in [0.4, 0.5) is 0 Å². The molecule has 0 bridgehead atoms. The fraction of sp³-hybridized carbons (Fsp3) is 1.00. The molecule has 0 aliphatic heterocycles. The van der Waals surface area contributed by atoms with Crippen LogP contribution in [-0.2, 0) is 10.1 Å². The molecular formula is C22H45NaO4S. The first-order valence-corrected chi connectivity index (χ1v) is 13.0. The van der Waals surface area contributed by atoms with E-state index < -0.39 is 15.4 Å². The van der Waals surface area contributed by atoms with Crippen molar-refractivity contribution in [2.45, 2.75) is 134 Å². The standard InChI is InChI=1S/C22H46O4S.Na/c1-2-3-4-13-16-19-22(27(24,25)26)20-17-14-11-9-7-5-6-8-10-12-15-18-21-23;/h22-23H,2-21H2,1H3,(H,24,25,26);/q;+1/p-1. The van der Waals surface area contributed by atoms with Crippen LogP contribution in [0.2, 0.25) is 0 Å². The average Bonchev–Trinajstić information content (AvgIpc) is 2.62. The van der Waals surface area contributed by atoms with Gasteiger partial charge in [-0.05, 0) is 19.3 Å². The molecule has 0 heterocycles. The molecule has 0 aliphatic rings. The van der Waals surface area contributed by atoms with Gasteiger partial charge in [-0.15, -0.1) is 0 Å². The fourth-order valence-corrected chi connectivity index (χ4v) is 4.57. The molecule has 1 unspecified atom stereocenters. The summed E-state index contributed by atoms with van der Waals surface area (Å²) in [5.74, 6) is 0. The maximum atomic E-state index is 11.4. The second kappa shape index (κ2) is 22.6. The summed E-state index contributed by atoms with van der Waals surface area (Å²) in [7, 11) is -4.14. The van der Waals surface area contributed by atoms with E-state index in [4.69, 9.17) is 5.11 Å². The second-order valence-corrected chi connectivity index (χ2v) is 9.72. The molecule has 0 fully saturated rings. The molecule has 0 spiro atoms. The molecule has 0 saturated carbocycles. The third kappa shape index (κ3) is 21.6. The molecule has 0 aromatic heterocycles. The van der Waals surface area contributed by atoms with Gasteiger partial charge in [-0.2, -0.15) is 0 Å². The molecule has 28 heavy (non-hydrogen) atoms. The van der Waals surface area contributed by atoms with E-state index in [1.807, 2.05) is 0 Å². The summed E-state index contributed by atoms with van der Waals surface area (Å²) in [4.78, 5) is 0. The Morgan fingerprint density at radius 2 is 0.964 bits per heavy atom. The topological polar surface area (TPSA) is 77.4 Å². The Morgan fingerprint density at radius 1 is 0.643 bits per heavy atom. The van der Waals surface area contributed by atoms with E-state index in [0.29, 0.717) is 19.4 Å². The van der Waals surface area contributed by atoms with Gasteiger partial charge < -0.3 is 9.66 Å². The van der Waals surface area contributed by atoms with E-state index in [2.05, 4.69) is 6.92 Å². The van der Waals surface area contributed by atoms with Crippen molar-refractivity contribution in [2.24, 2.45) is 0 Å². The zero-order valence-corrected chi connectivity index (χ0v) is 21.6. The second-order valence-electron chi connectivity index (χ2n) is 8.07. The van der Waals surface area contributed by atoms with Gasteiger partial charge in [0.2, 0.25) is 0 Å². The predicted octanol–water partition coefficient (Wildman–Crippen LogP) is 3.33. The van der Waals surface area contributed by atoms with Crippen LogP contribution in [-0.4, -0.2) is 29.9 Å². The van der Waals surface area contributed by atoms with Gasteiger partial charge in [-0.25, -0.2) is 8.42 Å². The van der Waals surface area contributed by atoms with Gasteiger partial charge in [0.1, 0.15) is 0 Å². The Morgan fingerprint density at radius 3 is 1.29 bits per heavy atom. The van der Waals surface area contributed by atoms with Crippen LogP contribution in [0.5, 0.6) is 0 Å². The minimum absolute atomic E-state index is 0. The van der Waals surface area contributed by atoms with Crippen molar-refractivity contribution in [2.75, 3.05) is 6.61 Å². The van der Waals surface area contributed by atoms with Gasteiger partial charge in [0, 0.05) is 11.9 Å². The number of unbranched alkanes of at least 4 members (excludes halogenated alkanes) is 15. The monoisotopic (exact) mass is 428 g/mol. The third-order valence-electron chi connectivity index (χ3n) is 5.47. The molecule has 1 atom stereocenters. The SMILES string of the molecule is CCCCCCCC(CCCCCCCCCCCCCCO)S(=O)(=O)[O-].[Na+]. The maximum absolute atomic E-state index is 11.4. The normalized spacial score (nSPS) is 12.7. The summed E-state index contributed by atoms with van der Waals surface area (Å²) in [6.07, 6.45) is 20.6. The van der Waals surface area contributed by atoms with E-state index in [-0.39, 0.29) is 29.6 Å². The van der Waals surface area contributed by atoms with E-state index in [1.165, 1.54) is 57.8 Å². The van der Waals surface area contributed by atoms with Crippen molar-refractivity contribution >= 4 is 10.1 Å². The molecule has 4 nitrogen and oxygen atoms in total. The third-order valence-corrected chi connectivity index (χ3v) is 6.76. The summed E-state index contributed by atoms with van der Waals surface area (Å²) in [6.45, 7) is 2.48. The molecule has 0 aromatic rings. The molecule has 164 valence electrons. The number of aliphatic hydroxyl groups is 1. The van der Waals surface area contributed by atoms with Gasteiger partial charge in [0.05, 0.1) is 10.1 Å². The van der Waals surface area contributed by atoms with Crippen LogP contribution in [0.15, 0.2) is 0 Å². The van der Waals surface area contributed by atoms with Crippen LogP contribution in [0.25, 0.3) is 0 Å². The summed E-state index contributed by atoms with van der Waals surface area (Å²) in [5, 5.41) is 8.06. The van der Waals surface area contributed by atoms with Crippen LogP contribution >= 0.6 is 0 Å². The minimum atomic E-state index is -4.14. The van der Waals surface area contributed by atoms with Crippen LogP contribution in [0.1, 0.15) is 129 Å². The van der Waals surface area contributed by atoms with Crippen molar-refractivity contribution in [3.8, 4) is 0 Å². The molecule has 0 saturated heterocycles. The first-order chi connectivity index (χ1) is 13.0. The van der Waals surface area contributed by atoms with Crippen LogP contribution < -0.4 is 29.6 Å². The maximum Gasteiger partial charge on any atom is 1.00 e. The van der Waals surface area contributed by atoms with Gasteiger partial charge in [-0.3, -0.25) is 0 Å². The van der Waals surface area contributed by atoms with Gasteiger partial charge in [0.25, 0.3) is 0 Å².